The zero-order valence-electron chi connectivity index (χ0n) is 14.6. The largest absolute Gasteiger partial charge is 0.477 e. The van der Waals surface area contributed by atoms with E-state index in [1.54, 1.807) is 54.6 Å². The fraction of sp³-hybridized carbons (Fsp3) is 0.158. The highest BCUT2D eigenvalue weighted by molar-refractivity contribution is 9.10. The molecule has 0 saturated carbocycles. The smallest absolute Gasteiger partial charge is 0.261 e. The van der Waals surface area contributed by atoms with Crippen molar-refractivity contribution in [3.05, 3.63) is 65.1 Å². The van der Waals surface area contributed by atoms with Crippen LogP contribution in [0.25, 0.3) is 11.3 Å². The fourth-order valence-corrected chi connectivity index (χ4v) is 3.62. The third-order valence-electron chi connectivity index (χ3n) is 3.65. The molecule has 1 aromatic heterocycles. The van der Waals surface area contributed by atoms with Gasteiger partial charge in [0.1, 0.15) is 0 Å². The van der Waals surface area contributed by atoms with Gasteiger partial charge in [0, 0.05) is 21.8 Å². The lowest BCUT2D eigenvalue weighted by molar-refractivity contribution is 0.302. The Balaban J connectivity index is 1.72. The van der Waals surface area contributed by atoms with Crippen molar-refractivity contribution < 1.29 is 13.2 Å². The molecule has 0 unspecified atom stereocenters. The molecule has 3 aromatic rings. The van der Waals surface area contributed by atoms with Gasteiger partial charge in [-0.1, -0.05) is 35.0 Å². The molecule has 1 N–H and O–H groups in total. The van der Waals surface area contributed by atoms with E-state index in [1.807, 2.05) is 13.0 Å². The number of sulfonamides is 1. The summed E-state index contributed by atoms with van der Waals surface area (Å²) >= 11 is 3.29. The number of nitrogens with one attached hydrogen (secondary N) is 1. The Morgan fingerprint density at radius 3 is 2.26 bits per heavy atom. The van der Waals surface area contributed by atoms with Gasteiger partial charge < -0.3 is 4.74 Å². The molecular weight excluding hydrogens is 430 g/mol. The van der Waals surface area contributed by atoms with Gasteiger partial charge >= 0.3 is 0 Å². The van der Waals surface area contributed by atoms with Gasteiger partial charge in [0.2, 0.25) is 5.88 Å². The van der Waals surface area contributed by atoms with Crippen LogP contribution in [0.4, 0.5) is 5.69 Å². The summed E-state index contributed by atoms with van der Waals surface area (Å²) in [6, 6.07) is 17.0. The highest BCUT2D eigenvalue weighted by Gasteiger charge is 2.14. The lowest BCUT2D eigenvalue weighted by atomic mass is 10.1. The fourth-order valence-electron chi connectivity index (χ4n) is 2.29. The summed E-state index contributed by atoms with van der Waals surface area (Å²) in [6.45, 7) is 2.62. The standard InChI is InChI=1S/C19H18BrN3O3S/c1-2-13-26-19-12-11-18(21-22-19)14-3-7-16(8-4-14)23-27(24,25)17-9-5-15(20)6-10-17/h3-12,23H,2,13H2,1H3. The Labute approximate surface area is 166 Å². The van der Waals surface area contributed by atoms with Crippen molar-refractivity contribution in [3.8, 4) is 17.1 Å². The normalized spacial score (nSPS) is 11.2. The van der Waals surface area contributed by atoms with Crippen LogP contribution in [0, 0.1) is 0 Å². The maximum atomic E-state index is 12.4. The van der Waals surface area contributed by atoms with Crippen molar-refractivity contribution >= 4 is 31.6 Å². The Kier molecular flexibility index (Phi) is 6.08. The number of nitrogens with zero attached hydrogens (tertiary/aromatic N) is 2. The van der Waals surface area contributed by atoms with Crippen LogP contribution in [0.3, 0.4) is 0 Å². The minimum absolute atomic E-state index is 0.198. The predicted molar refractivity (Wildman–Crippen MR) is 108 cm³/mol. The highest BCUT2D eigenvalue weighted by Crippen LogP contribution is 2.23. The third-order valence-corrected chi connectivity index (χ3v) is 5.58. The number of anilines is 1. The van der Waals surface area contributed by atoms with E-state index in [0.717, 1.165) is 16.5 Å². The second-order valence-electron chi connectivity index (χ2n) is 5.74. The molecule has 0 aliphatic rings. The van der Waals surface area contributed by atoms with Crippen LogP contribution in [-0.4, -0.2) is 25.2 Å². The predicted octanol–water partition coefficient (Wildman–Crippen LogP) is 4.50. The topological polar surface area (TPSA) is 81.2 Å². The number of benzene rings is 2. The van der Waals surface area contributed by atoms with Crippen molar-refractivity contribution in [2.24, 2.45) is 0 Å². The summed E-state index contributed by atoms with van der Waals surface area (Å²) in [7, 11) is -3.64. The summed E-state index contributed by atoms with van der Waals surface area (Å²) in [5, 5.41) is 8.18. The molecule has 27 heavy (non-hydrogen) atoms. The highest BCUT2D eigenvalue weighted by atomic mass is 79.9. The van der Waals surface area contributed by atoms with Gasteiger partial charge in [0.05, 0.1) is 17.2 Å². The molecule has 0 saturated heterocycles. The van der Waals surface area contributed by atoms with Crippen molar-refractivity contribution in [1.82, 2.24) is 10.2 Å². The molecule has 0 aliphatic heterocycles. The minimum Gasteiger partial charge on any atom is -0.477 e. The van der Waals surface area contributed by atoms with Crippen LogP contribution in [-0.2, 0) is 10.0 Å². The number of ether oxygens (including phenoxy) is 1. The van der Waals surface area contributed by atoms with Crippen molar-refractivity contribution in [1.29, 1.82) is 0 Å². The lowest BCUT2D eigenvalue weighted by Gasteiger charge is -2.09. The second-order valence-corrected chi connectivity index (χ2v) is 8.34. The van der Waals surface area contributed by atoms with Crippen LogP contribution >= 0.6 is 15.9 Å². The maximum Gasteiger partial charge on any atom is 0.261 e. The first-order valence-electron chi connectivity index (χ1n) is 8.33. The maximum absolute atomic E-state index is 12.4. The first-order chi connectivity index (χ1) is 13.0. The molecule has 6 nitrogen and oxygen atoms in total. The number of rotatable bonds is 7. The molecule has 0 radical (unpaired) electrons. The Bertz CT molecular complexity index is 990. The summed E-state index contributed by atoms with van der Waals surface area (Å²) in [5.74, 6) is 0.486. The summed E-state index contributed by atoms with van der Waals surface area (Å²) in [5.41, 5.74) is 1.98. The zero-order chi connectivity index (χ0) is 19.3. The van der Waals surface area contributed by atoms with Crippen molar-refractivity contribution in [3.63, 3.8) is 0 Å². The van der Waals surface area contributed by atoms with E-state index in [4.69, 9.17) is 4.74 Å². The average molecular weight is 448 g/mol. The number of aromatic nitrogens is 2. The molecule has 8 heteroatoms. The molecule has 3 rings (SSSR count). The van der Waals surface area contributed by atoms with E-state index in [1.165, 1.54) is 0 Å². The van der Waals surface area contributed by atoms with E-state index >= 15 is 0 Å². The molecule has 0 fully saturated rings. The Hall–Kier alpha value is -2.45. The summed E-state index contributed by atoms with van der Waals surface area (Å²) < 4.78 is 33.7. The monoisotopic (exact) mass is 447 g/mol. The summed E-state index contributed by atoms with van der Waals surface area (Å²) in [6.07, 6.45) is 0.904. The Morgan fingerprint density at radius 2 is 1.67 bits per heavy atom. The second kappa shape index (κ2) is 8.49. The molecular formula is C19H18BrN3O3S. The molecule has 0 bridgehead atoms. The first kappa shape index (κ1) is 19.3. The van der Waals surface area contributed by atoms with Gasteiger partial charge in [0.15, 0.2) is 0 Å². The number of halogens is 1. The van der Waals surface area contributed by atoms with Gasteiger partial charge in [-0.25, -0.2) is 8.42 Å². The molecule has 0 atom stereocenters. The van der Waals surface area contributed by atoms with Crippen LogP contribution in [0.5, 0.6) is 5.88 Å². The van der Waals surface area contributed by atoms with Crippen molar-refractivity contribution in [2.75, 3.05) is 11.3 Å². The van der Waals surface area contributed by atoms with Gasteiger partial charge in [-0.15, -0.1) is 10.2 Å². The molecule has 0 aliphatic carbocycles. The molecule has 0 amide bonds. The van der Waals surface area contributed by atoms with Crippen LogP contribution in [0.15, 0.2) is 70.0 Å². The molecule has 2 aromatic carbocycles. The third kappa shape index (κ3) is 5.05. The molecule has 1 heterocycles. The van der Waals surface area contributed by atoms with E-state index in [2.05, 4.69) is 30.8 Å². The molecule has 140 valence electrons. The van der Waals surface area contributed by atoms with Gasteiger partial charge in [-0.05, 0) is 48.9 Å². The number of hydrogen-bond acceptors (Lipinski definition) is 5. The zero-order valence-corrected chi connectivity index (χ0v) is 17.0. The Morgan fingerprint density at radius 1 is 0.963 bits per heavy atom. The average Bonchev–Trinajstić information content (AvgIpc) is 2.67. The SMILES string of the molecule is CCCOc1ccc(-c2ccc(NS(=O)(=O)c3ccc(Br)cc3)cc2)nn1. The van der Waals surface area contributed by atoms with Crippen LogP contribution in [0.1, 0.15) is 13.3 Å². The van der Waals surface area contributed by atoms with Gasteiger partial charge in [0.25, 0.3) is 10.0 Å². The van der Waals surface area contributed by atoms with Crippen LogP contribution in [0.2, 0.25) is 0 Å². The van der Waals surface area contributed by atoms with E-state index in [0.29, 0.717) is 23.9 Å². The van der Waals surface area contributed by atoms with E-state index in [-0.39, 0.29) is 4.90 Å². The van der Waals surface area contributed by atoms with Gasteiger partial charge in [-0.2, -0.15) is 0 Å². The molecule has 0 spiro atoms. The minimum atomic E-state index is -3.64. The first-order valence-corrected chi connectivity index (χ1v) is 10.6. The number of hydrogen-bond donors (Lipinski definition) is 1. The van der Waals surface area contributed by atoms with Crippen LogP contribution < -0.4 is 9.46 Å². The summed E-state index contributed by atoms with van der Waals surface area (Å²) in [4.78, 5) is 0.198. The quantitative estimate of drug-likeness (QED) is 0.576. The van der Waals surface area contributed by atoms with E-state index in [9.17, 15) is 8.42 Å². The van der Waals surface area contributed by atoms with Crippen molar-refractivity contribution in [2.45, 2.75) is 18.2 Å². The van der Waals surface area contributed by atoms with Gasteiger partial charge in [-0.3, -0.25) is 4.72 Å². The lowest BCUT2D eigenvalue weighted by Crippen LogP contribution is -2.12. The van der Waals surface area contributed by atoms with E-state index < -0.39 is 10.0 Å².